The van der Waals surface area contributed by atoms with Crippen LogP contribution < -0.4 is 5.32 Å². The van der Waals surface area contributed by atoms with Gasteiger partial charge in [0.25, 0.3) is 0 Å². The van der Waals surface area contributed by atoms with Crippen molar-refractivity contribution >= 4 is 12.4 Å². The number of halogens is 3. The molecule has 0 saturated carbocycles. The average Bonchev–Trinajstić information content (AvgIpc) is 2.62. The predicted octanol–water partition coefficient (Wildman–Crippen LogP) is 2.46. The van der Waals surface area contributed by atoms with Crippen LogP contribution in [-0.2, 0) is 0 Å². The maximum Gasteiger partial charge on any atom is 0.162 e. The largest absolute Gasteiger partial charge is 0.316 e. The zero-order valence-corrected chi connectivity index (χ0v) is 8.41. The van der Waals surface area contributed by atoms with E-state index in [1.807, 2.05) is 0 Å². The van der Waals surface area contributed by atoms with Crippen molar-refractivity contribution in [1.82, 2.24) is 5.32 Å². The first kappa shape index (κ1) is 11.4. The van der Waals surface area contributed by atoms with Crippen molar-refractivity contribution in [3.63, 3.8) is 0 Å². The summed E-state index contributed by atoms with van der Waals surface area (Å²) in [7, 11) is 0. The minimum Gasteiger partial charge on any atom is -0.316 e. The standard InChI is InChI=1S/C10H11F2N.ClH/c11-9-3-1-2-8(10(9)12)7-4-5-13-6-7;/h1-3,7,13H,4-6H2;1H. The Morgan fingerprint density at radius 3 is 2.71 bits per heavy atom. The summed E-state index contributed by atoms with van der Waals surface area (Å²) in [4.78, 5) is 0. The van der Waals surface area contributed by atoms with Gasteiger partial charge in [-0.05, 0) is 24.6 Å². The molecule has 1 saturated heterocycles. The van der Waals surface area contributed by atoms with Gasteiger partial charge >= 0.3 is 0 Å². The van der Waals surface area contributed by atoms with Crippen molar-refractivity contribution in [3.05, 3.63) is 35.4 Å². The maximum absolute atomic E-state index is 13.3. The Kier molecular flexibility index (Phi) is 3.84. The molecule has 0 amide bonds. The fourth-order valence-electron chi connectivity index (χ4n) is 1.76. The Labute approximate surface area is 87.9 Å². The molecular formula is C10H12ClF2N. The van der Waals surface area contributed by atoms with Crippen molar-refractivity contribution in [2.24, 2.45) is 0 Å². The molecule has 1 fully saturated rings. The van der Waals surface area contributed by atoms with Gasteiger partial charge in [-0.3, -0.25) is 0 Å². The fourth-order valence-corrected chi connectivity index (χ4v) is 1.76. The Morgan fingerprint density at radius 1 is 1.29 bits per heavy atom. The van der Waals surface area contributed by atoms with Crippen molar-refractivity contribution in [1.29, 1.82) is 0 Å². The summed E-state index contributed by atoms with van der Waals surface area (Å²) >= 11 is 0. The van der Waals surface area contributed by atoms with Crippen LogP contribution in [0.25, 0.3) is 0 Å². The fraction of sp³-hybridized carbons (Fsp3) is 0.400. The van der Waals surface area contributed by atoms with Gasteiger partial charge in [-0.25, -0.2) is 8.78 Å². The van der Waals surface area contributed by atoms with Crippen molar-refractivity contribution in [2.45, 2.75) is 12.3 Å². The van der Waals surface area contributed by atoms with E-state index in [0.29, 0.717) is 5.56 Å². The molecule has 78 valence electrons. The zero-order chi connectivity index (χ0) is 9.26. The molecule has 1 aliphatic heterocycles. The van der Waals surface area contributed by atoms with Crippen LogP contribution in [0.4, 0.5) is 8.78 Å². The lowest BCUT2D eigenvalue weighted by Crippen LogP contribution is -2.09. The summed E-state index contributed by atoms with van der Waals surface area (Å²) in [5.74, 6) is -1.30. The lowest BCUT2D eigenvalue weighted by Gasteiger charge is -2.09. The highest BCUT2D eigenvalue weighted by atomic mass is 35.5. The highest BCUT2D eigenvalue weighted by Gasteiger charge is 2.21. The quantitative estimate of drug-likeness (QED) is 0.765. The molecule has 0 radical (unpaired) electrons. The summed E-state index contributed by atoms with van der Waals surface area (Å²) < 4.78 is 26.1. The molecule has 0 aromatic heterocycles. The molecule has 0 spiro atoms. The summed E-state index contributed by atoms with van der Waals surface area (Å²) in [6.07, 6.45) is 0.889. The number of rotatable bonds is 1. The highest BCUT2D eigenvalue weighted by molar-refractivity contribution is 5.85. The molecule has 1 heterocycles. The van der Waals surface area contributed by atoms with E-state index in [0.717, 1.165) is 25.6 Å². The third-order valence-electron chi connectivity index (χ3n) is 2.48. The maximum atomic E-state index is 13.3. The molecule has 2 rings (SSSR count). The smallest absolute Gasteiger partial charge is 0.162 e. The molecule has 1 nitrogen and oxygen atoms in total. The van der Waals surface area contributed by atoms with Crippen LogP contribution in [0.5, 0.6) is 0 Å². The van der Waals surface area contributed by atoms with Gasteiger partial charge in [0.15, 0.2) is 11.6 Å². The normalized spacial score (nSPS) is 20.6. The first-order chi connectivity index (χ1) is 6.29. The molecule has 4 heteroatoms. The first-order valence-electron chi connectivity index (χ1n) is 4.43. The van der Waals surface area contributed by atoms with Gasteiger partial charge in [-0.1, -0.05) is 12.1 Å². The zero-order valence-electron chi connectivity index (χ0n) is 7.59. The third kappa shape index (κ3) is 2.04. The van der Waals surface area contributed by atoms with Crippen LogP contribution in [0.3, 0.4) is 0 Å². The molecule has 1 N–H and O–H groups in total. The Bertz CT molecular complexity index is 311. The van der Waals surface area contributed by atoms with Gasteiger partial charge in [-0.2, -0.15) is 0 Å². The van der Waals surface area contributed by atoms with Gasteiger partial charge in [-0.15, -0.1) is 12.4 Å². The molecule has 1 aliphatic rings. The molecule has 1 unspecified atom stereocenters. The first-order valence-corrected chi connectivity index (χ1v) is 4.43. The van der Waals surface area contributed by atoms with E-state index in [9.17, 15) is 8.78 Å². The number of nitrogens with one attached hydrogen (secondary N) is 1. The lowest BCUT2D eigenvalue weighted by molar-refractivity contribution is 0.490. The second-order valence-electron chi connectivity index (χ2n) is 3.33. The molecule has 0 aliphatic carbocycles. The Balaban J connectivity index is 0.000000980. The average molecular weight is 220 g/mol. The van der Waals surface area contributed by atoms with E-state index in [2.05, 4.69) is 5.32 Å². The van der Waals surface area contributed by atoms with Gasteiger partial charge in [0.2, 0.25) is 0 Å². The van der Waals surface area contributed by atoms with E-state index < -0.39 is 11.6 Å². The Hall–Kier alpha value is -0.670. The van der Waals surface area contributed by atoms with Crippen LogP contribution in [0, 0.1) is 11.6 Å². The minimum absolute atomic E-state index is 0. The van der Waals surface area contributed by atoms with E-state index in [1.54, 1.807) is 12.1 Å². The summed E-state index contributed by atoms with van der Waals surface area (Å²) in [6, 6.07) is 4.38. The predicted molar refractivity (Wildman–Crippen MR) is 53.8 cm³/mol. The second kappa shape index (κ2) is 4.71. The van der Waals surface area contributed by atoms with Crippen LogP contribution in [-0.4, -0.2) is 13.1 Å². The monoisotopic (exact) mass is 219 g/mol. The van der Waals surface area contributed by atoms with Gasteiger partial charge < -0.3 is 5.32 Å². The van der Waals surface area contributed by atoms with E-state index in [1.165, 1.54) is 0 Å². The third-order valence-corrected chi connectivity index (χ3v) is 2.48. The van der Waals surface area contributed by atoms with E-state index in [-0.39, 0.29) is 18.3 Å². The van der Waals surface area contributed by atoms with E-state index >= 15 is 0 Å². The van der Waals surface area contributed by atoms with Gasteiger partial charge in [0, 0.05) is 12.5 Å². The second-order valence-corrected chi connectivity index (χ2v) is 3.33. The SMILES string of the molecule is Cl.Fc1cccc(C2CCNC2)c1F. The molecule has 1 aromatic carbocycles. The van der Waals surface area contributed by atoms with Gasteiger partial charge in [0.1, 0.15) is 0 Å². The number of hydrogen-bond donors (Lipinski definition) is 1. The van der Waals surface area contributed by atoms with Crippen LogP contribution in [0.15, 0.2) is 18.2 Å². The molecule has 1 aromatic rings. The topological polar surface area (TPSA) is 12.0 Å². The molecule has 1 atom stereocenters. The summed E-state index contributed by atoms with van der Waals surface area (Å²) in [5, 5.41) is 3.13. The Morgan fingerprint density at radius 2 is 2.07 bits per heavy atom. The lowest BCUT2D eigenvalue weighted by atomic mass is 9.98. The highest BCUT2D eigenvalue weighted by Crippen LogP contribution is 2.25. The number of benzene rings is 1. The molecular weight excluding hydrogens is 208 g/mol. The van der Waals surface area contributed by atoms with Crippen molar-refractivity contribution < 1.29 is 8.78 Å². The van der Waals surface area contributed by atoms with Crippen molar-refractivity contribution in [3.8, 4) is 0 Å². The summed E-state index contributed by atoms with van der Waals surface area (Å²) in [5.41, 5.74) is 0.505. The van der Waals surface area contributed by atoms with Crippen LogP contribution in [0.2, 0.25) is 0 Å². The number of hydrogen-bond acceptors (Lipinski definition) is 1. The van der Waals surface area contributed by atoms with Gasteiger partial charge in [0.05, 0.1) is 0 Å². The molecule has 0 bridgehead atoms. The molecule has 14 heavy (non-hydrogen) atoms. The van der Waals surface area contributed by atoms with Crippen LogP contribution in [0.1, 0.15) is 17.9 Å². The van der Waals surface area contributed by atoms with Crippen LogP contribution >= 0.6 is 12.4 Å². The summed E-state index contributed by atoms with van der Waals surface area (Å²) in [6.45, 7) is 1.64. The van der Waals surface area contributed by atoms with E-state index in [4.69, 9.17) is 0 Å². The minimum atomic E-state index is -0.746. The van der Waals surface area contributed by atoms with Crippen molar-refractivity contribution in [2.75, 3.05) is 13.1 Å².